The molecule has 1 aromatic carbocycles. The molecule has 0 aliphatic heterocycles. The molecule has 0 bridgehead atoms. The average Bonchev–Trinajstić information content (AvgIpc) is 2.94. The molecule has 0 atom stereocenters. The van der Waals surface area contributed by atoms with Gasteiger partial charge in [0.25, 0.3) is 0 Å². The Labute approximate surface area is 120 Å². The summed E-state index contributed by atoms with van der Waals surface area (Å²) in [4.78, 5) is 7.80. The predicted octanol–water partition coefficient (Wildman–Crippen LogP) is 2.21. The van der Waals surface area contributed by atoms with Crippen LogP contribution in [-0.2, 0) is 6.54 Å². The molecule has 0 spiro atoms. The maximum absolute atomic E-state index is 12.6. The third-order valence-corrected chi connectivity index (χ3v) is 2.71. The highest BCUT2D eigenvalue weighted by Crippen LogP contribution is 2.15. The van der Waals surface area contributed by atoms with Crippen molar-refractivity contribution in [3.63, 3.8) is 0 Å². The molecule has 6 nitrogen and oxygen atoms in total. The summed E-state index contributed by atoms with van der Waals surface area (Å²) in [6, 6.07) is 7.06. The van der Waals surface area contributed by atoms with Crippen molar-refractivity contribution >= 4 is 11.6 Å². The van der Waals surface area contributed by atoms with E-state index in [1.165, 1.54) is 12.4 Å². The number of rotatable bonds is 5. The fourth-order valence-corrected chi connectivity index (χ4v) is 1.66. The van der Waals surface area contributed by atoms with Gasteiger partial charge in [-0.25, -0.2) is 9.98 Å². The van der Waals surface area contributed by atoms with Crippen molar-refractivity contribution in [3.8, 4) is 5.75 Å². The zero-order valence-electron chi connectivity index (χ0n) is 11.3. The number of guanidine groups is 1. The van der Waals surface area contributed by atoms with Gasteiger partial charge in [0.15, 0.2) is 5.96 Å². The third kappa shape index (κ3) is 3.91. The van der Waals surface area contributed by atoms with Gasteiger partial charge in [-0.15, -0.1) is 0 Å². The lowest BCUT2D eigenvalue weighted by atomic mass is 10.3. The van der Waals surface area contributed by atoms with E-state index in [0.29, 0.717) is 5.69 Å². The second-order valence-corrected chi connectivity index (χ2v) is 4.08. The molecular formula is C13H15F2N5O. The molecule has 0 radical (unpaired) electrons. The molecule has 1 heterocycles. The van der Waals surface area contributed by atoms with Gasteiger partial charge in [0.2, 0.25) is 0 Å². The standard InChI is InChI=1S/C13H15F2N5O/c1-21-10-4-2-9(3-5-10)19-13(16)18-8-11-17-6-7-20(11)12(14)15/h2-7,12H,8H2,1H3,(H3,16,18,19). The van der Waals surface area contributed by atoms with Crippen LogP contribution in [0.25, 0.3) is 0 Å². The fraction of sp³-hybridized carbons (Fsp3) is 0.231. The van der Waals surface area contributed by atoms with Crippen LogP contribution in [-0.4, -0.2) is 22.6 Å². The summed E-state index contributed by atoms with van der Waals surface area (Å²) in [7, 11) is 1.57. The zero-order valence-corrected chi connectivity index (χ0v) is 11.3. The van der Waals surface area contributed by atoms with E-state index in [1.54, 1.807) is 31.4 Å². The van der Waals surface area contributed by atoms with Gasteiger partial charge in [-0.1, -0.05) is 0 Å². The molecule has 8 heteroatoms. The van der Waals surface area contributed by atoms with E-state index in [1.807, 2.05) is 0 Å². The first-order valence-electron chi connectivity index (χ1n) is 6.11. The SMILES string of the molecule is COc1ccc(NC(N)=NCc2nccn2C(F)F)cc1. The van der Waals surface area contributed by atoms with Gasteiger partial charge >= 0.3 is 6.55 Å². The minimum Gasteiger partial charge on any atom is -0.497 e. The molecule has 2 rings (SSSR count). The summed E-state index contributed by atoms with van der Waals surface area (Å²) in [5.41, 5.74) is 6.42. The number of anilines is 1. The highest BCUT2D eigenvalue weighted by Gasteiger charge is 2.10. The highest BCUT2D eigenvalue weighted by atomic mass is 19.3. The summed E-state index contributed by atoms with van der Waals surface area (Å²) in [5, 5.41) is 2.85. The van der Waals surface area contributed by atoms with Crippen molar-refractivity contribution in [1.29, 1.82) is 0 Å². The molecule has 0 fully saturated rings. The molecule has 0 saturated carbocycles. The Kier molecular flexibility index (Phi) is 4.70. The van der Waals surface area contributed by atoms with Crippen molar-refractivity contribution in [2.75, 3.05) is 12.4 Å². The summed E-state index contributed by atoms with van der Waals surface area (Å²) in [6.07, 6.45) is 2.49. The molecule has 1 aromatic heterocycles. The minimum absolute atomic E-state index is 0.0354. The van der Waals surface area contributed by atoms with Crippen molar-refractivity contribution in [1.82, 2.24) is 9.55 Å². The lowest BCUT2D eigenvalue weighted by molar-refractivity contribution is 0.0671. The minimum atomic E-state index is -2.64. The highest BCUT2D eigenvalue weighted by molar-refractivity contribution is 5.92. The largest absolute Gasteiger partial charge is 0.497 e. The molecule has 0 amide bonds. The van der Waals surface area contributed by atoms with E-state index in [-0.39, 0.29) is 18.3 Å². The van der Waals surface area contributed by atoms with Gasteiger partial charge < -0.3 is 15.8 Å². The van der Waals surface area contributed by atoms with Crippen molar-refractivity contribution in [2.45, 2.75) is 13.1 Å². The first-order valence-corrected chi connectivity index (χ1v) is 6.11. The van der Waals surface area contributed by atoms with Crippen LogP contribution in [0.5, 0.6) is 5.75 Å². The van der Waals surface area contributed by atoms with Gasteiger partial charge in [-0.2, -0.15) is 8.78 Å². The second kappa shape index (κ2) is 6.69. The molecule has 21 heavy (non-hydrogen) atoms. The number of alkyl halides is 2. The van der Waals surface area contributed by atoms with Crippen LogP contribution >= 0.6 is 0 Å². The number of halogens is 2. The Morgan fingerprint density at radius 2 is 2.14 bits per heavy atom. The molecule has 112 valence electrons. The van der Waals surface area contributed by atoms with Crippen LogP contribution in [0.3, 0.4) is 0 Å². The number of methoxy groups -OCH3 is 1. The van der Waals surface area contributed by atoms with Crippen LogP contribution in [0.2, 0.25) is 0 Å². The average molecular weight is 295 g/mol. The summed E-state index contributed by atoms with van der Waals surface area (Å²) >= 11 is 0. The molecule has 0 aliphatic carbocycles. The zero-order chi connectivity index (χ0) is 15.2. The van der Waals surface area contributed by atoms with Crippen LogP contribution in [0.4, 0.5) is 14.5 Å². The molecule has 0 aliphatic rings. The van der Waals surface area contributed by atoms with E-state index in [9.17, 15) is 8.78 Å². The summed E-state index contributed by atoms with van der Waals surface area (Å²) in [5.74, 6) is 0.975. The number of ether oxygens (including phenoxy) is 1. The number of nitrogens with one attached hydrogen (secondary N) is 1. The van der Waals surface area contributed by atoms with Crippen LogP contribution in [0.15, 0.2) is 41.7 Å². The van der Waals surface area contributed by atoms with Gasteiger partial charge in [-0.05, 0) is 24.3 Å². The quantitative estimate of drug-likeness (QED) is 0.655. The smallest absolute Gasteiger partial charge is 0.319 e. The predicted molar refractivity (Wildman–Crippen MR) is 75.4 cm³/mol. The van der Waals surface area contributed by atoms with Crippen molar-refractivity contribution in [2.24, 2.45) is 10.7 Å². The van der Waals surface area contributed by atoms with E-state index in [2.05, 4.69) is 15.3 Å². The number of aromatic nitrogens is 2. The van der Waals surface area contributed by atoms with Crippen molar-refractivity contribution in [3.05, 3.63) is 42.5 Å². The van der Waals surface area contributed by atoms with Gasteiger partial charge in [0, 0.05) is 18.1 Å². The number of hydrogen-bond acceptors (Lipinski definition) is 3. The number of imidazole rings is 1. The fourth-order valence-electron chi connectivity index (χ4n) is 1.66. The monoisotopic (exact) mass is 295 g/mol. The number of nitrogens with two attached hydrogens (primary N) is 1. The van der Waals surface area contributed by atoms with E-state index < -0.39 is 6.55 Å². The summed E-state index contributed by atoms with van der Waals surface area (Å²) < 4.78 is 31.0. The third-order valence-electron chi connectivity index (χ3n) is 2.71. The van der Waals surface area contributed by atoms with Crippen LogP contribution in [0.1, 0.15) is 12.4 Å². The second-order valence-electron chi connectivity index (χ2n) is 4.08. The Hall–Kier alpha value is -2.64. The Bertz CT molecular complexity index is 609. The molecule has 3 N–H and O–H groups in total. The number of aliphatic imine (C=N–C) groups is 1. The van der Waals surface area contributed by atoms with Gasteiger partial charge in [0.1, 0.15) is 18.1 Å². The number of hydrogen-bond donors (Lipinski definition) is 2. The summed E-state index contributed by atoms with van der Waals surface area (Å²) in [6.45, 7) is -2.68. The van der Waals surface area contributed by atoms with Gasteiger partial charge in [-0.3, -0.25) is 4.57 Å². The Morgan fingerprint density at radius 1 is 1.43 bits per heavy atom. The molecular weight excluding hydrogens is 280 g/mol. The lowest BCUT2D eigenvalue weighted by Crippen LogP contribution is -2.22. The topological polar surface area (TPSA) is 77.5 Å². The first kappa shape index (κ1) is 14.8. The lowest BCUT2D eigenvalue weighted by Gasteiger charge is -2.07. The van der Waals surface area contributed by atoms with Crippen molar-refractivity contribution < 1.29 is 13.5 Å². The van der Waals surface area contributed by atoms with E-state index in [0.717, 1.165) is 10.3 Å². The molecule has 0 unspecified atom stereocenters. The Morgan fingerprint density at radius 3 is 2.76 bits per heavy atom. The maximum Gasteiger partial charge on any atom is 0.319 e. The molecule has 2 aromatic rings. The molecule has 0 saturated heterocycles. The first-order chi connectivity index (χ1) is 10.1. The maximum atomic E-state index is 12.6. The van der Waals surface area contributed by atoms with Crippen LogP contribution in [0, 0.1) is 0 Å². The van der Waals surface area contributed by atoms with Gasteiger partial charge in [0.05, 0.1) is 7.11 Å². The van der Waals surface area contributed by atoms with E-state index in [4.69, 9.17) is 10.5 Å². The Balaban J connectivity index is 1.98. The van der Waals surface area contributed by atoms with E-state index >= 15 is 0 Å². The normalized spacial score (nSPS) is 11.7. The van der Waals surface area contributed by atoms with Crippen LogP contribution < -0.4 is 15.8 Å². The number of nitrogens with zero attached hydrogens (tertiary/aromatic N) is 3. The number of benzene rings is 1.